The van der Waals surface area contributed by atoms with Gasteiger partial charge in [0.05, 0.1) is 5.56 Å². The van der Waals surface area contributed by atoms with Gasteiger partial charge in [0.2, 0.25) is 11.7 Å². The predicted molar refractivity (Wildman–Crippen MR) is 86.4 cm³/mol. The average Bonchev–Trinajstić information content (AvgIpc) is 3.30. The Balaban J connectivity index is 1.63. The first kappa shape index (κ1) is 15.5. The SMILES string of the molecule is Cc1ocnc1-c1noc(C2CCCCN2C(=O)c2cccnc2)n1. The molecule has 0 spiro atoms. The molecule has 0 radical (unpaired) electrons. The van der Waals surface area contributed by atoms with Crippen molar-refractivity contribution in [2.24, 2.45) is 0 Å². The summed E-state index contributed by atoms with van der Waals surface area (Å²) >= 11 is 0. The van der Waals surface area contributed by atoms with E-state index in [1.54, 1.807) is 36.4 Å². The predicted octanol–water partition coefficient (Wildman–Crippen LogP) is 2.80. The van der Waals surface area contributed by atoms with Crippen LogP contribution < -0.4 is 0 Å². The third-order valence-corrected chi connectivity index (χ3v) is 4.36. The largest absolute Gasteiger partial charge is 0.448 e. The second kappa shape index (κ2) is 6.46. The molecule has 0 bridgehead atoms. The molecule has 0 aromatic carbocycles. The van der Waals surface area contributed by atoms with E-state index >= 15 is 0 Å². The van der Waals surface area contributed by atoms with Gasteiger partial charge in [-0.2, -0.15) is 4.98 Å². The van der Waals surface area contributed by atoms with E-state index in [0.29, 0.717) is 35.3 Å². The highest BCUT2D eigenvalue weighted by Gasteiger charge is 2.33. The fourth-order valence-electron chi connectivity index (χ4n) is 3.07. The van der Waals surface area contributed by atoms with Crippen LogP contribution in [0.1, 0.15) is 47.3 Å². The van der Waals surface area contributed by atoms with Gasteiger partial charge in [0.25, 0.3) is 5.91 Å². The molecule has 0 aliphatic carbocycles. The highest BCUT2D eigenvalue weighted by molar-refractivity contribution is 5.94. The van der Waals surface area contributed by atoms with Crippen molar-refractivity contribution in [3.8, 4) is 11.5 Å². The lowest BCUT2D eigenvalue weighted by molar-refractivity contribution is 0.0561. The van der Waals surface area contributed by atoms with Gasteiger partial charge < -0.3 is 13.8 Å². The number of pyridine rings is 1. The first-order valence-corrected chi connectivity index (χ1v) is 8.19. The molecular weight excluding hydrogens is 322 g/mol. The second-order valence-electron chi connectivity index (χ2n) is 5.97. The van der Waals surface area contributed by atoms with Crippen LogP contribution in [0.25, 0.3) is 11.5 Å². The van der Waals surface area contributed by atoms with E-state index in [2.05, 4.69) is 20.1 Å². The molecule has 1 unspecified atom stereocenters. The number of amides is 1. The Morgan fingerprint density at radius 2 is 2.28 bits per heavy atom. The molecule has 1 aliphatic heterocycles. The normalized spacial score (nSPS) is 17.6. The monoisotopic (exact) mass is 339 g/mol. The minimum absolute atomic E-state index is 0.0739. The van der Waals surface area contributed by atoms with Crippen molar-refractivity contribution < 1.29 is 13.7 Å². The Bertz CT molecular complexity index is 873. The molecular formula is C17H17N5O3. The molecule has 0 saturated carbocycles. The second-order valence-corrected chi connectivity index (χ2v) is 5.97. The number of carbonyl (C=O) groups is 1. The lowest BCUT2D eigenvalue weighted by Gasteiger charge is -2.33. The van der Waals surface area contributed by atoms with Gasteiger partial charge in [0.15, 0.2) is 12.1 Å². The number of likely N-dealkylation sites (tertiary alicyclic amines) is 1. The molecule has 3 aromatic rings. The minimum Gasteiger partial charge on any atom is -0.448 e. The van der Waals surface area contributed by atoms with Crippen LogP contribution in [-0.2, 0) is 0 Å². The summed E-state index contributed by atoms with van der Waals surface area (Å²) in [6.07, 6.45) is 7.31. The highest BCUT2D eigenvalue weighted by Crippen LogP contribution is 2.32. The van der Waals surface area contributed by atoms with E-state index in [1.807, 2.05) is 0 Å². The molecule has 0 N–H and O–H groups in total. The standard InChI is InChI=1S/C17H17N5O3/c1-11-14(19-10-24-11)15-20-16(25-21-15)13-6-2-3-8-22(13)17(23)12-5-4-7-18-9-12/h4-5,7,9-10,13H,2-3,6,8H2,1H3. The summed E-state index contributed by atoms with van der Waals surface area (Å²) < 4.78 is 10.6. The molecule has 8 nitrogen and oxygen atoms in total. The smallest absolute Gasteiger partial charge is 0.256 e. The number of nitrogens with zero attached hydrogens (tertiary/aromatic N) is 5. The Morgan fingerprint density at radius 3 is 3.04 bits per heavy atom. The Labute approximate surface area is 143 Å². The van der Waals surface area contributed by atoms with Gasteiger partial charge in [0.1, 0.15) is 11.8 Å². The maximum absolute atomic E-state index is 12.8. The molecule has 3 aromatic heterocycles. The van der Waals surface area contributed by atoms with Crippen LogP contribution in [-0.4, -0.2) is 37.5 Å². The summed E-state index contributed by atoms with van der Waals surface area (Å²) in [5.74, 6) is 1.35. The molecule has 4 heterocycles. The number of hydrogen-bond donors (Lipinski definition) is 0. The minimum atomic E-state index is -0.241. The molecule has 1 amide bonds. The third-order valence-electron chi connectivity index (χ3n) is 4.36. The van der Waals surface area contributed by atoms with Crippen molar-refractivity contribution in [1.29, 1.82) is 0 Å². The summed E-state index contributed by atoms with van der Waals surface area (Å²) in [4.78, 5) is 27.2. The lowest BCUT2D eigenvalue weighted by atomic mass is 10.0. The number of rotatable bonds is 3. The fraction of sp³-hybridized carbons (Fsp3) is 0.353. The lowest BCUT2D eigenvalue weighted by Crippen LogP contribution is -2.38. The van der Waals surface area contributed by atoms with Crippen molar-refractivity contribution in [2.45, 2.75) is 32.2 Å². The Kier molecular flexibility index (Phi) is 4.01. The van der Waals surface area contributed by atoms with Crippen LogP contribution >= 0.6 is 0 Å². The van der Waals surface area contributed by atoms with E-state index in [9.17, 15) is 4.79 Å². The molecule has 1 atom stereocenters. The molecule has 1 saturated heterocycles. The summed E-state index contributed by atoms with van der Waals surface area (Å²) in [7, 11) is 0. The fourth-order valence-corrected chi connectivity index (χ4v) is 3.07. The number of piperidine rings is 1. The van der Waals surface area contributed by atoms with Crippen LogP contribution in [0, 0.1) is 6.92 Å². The van der Waals surface area contributed by atoms with Gasteiger partial charge in [0, 0.05) is 18.9 Å². The van der Waals surface area contributed by atoms with Crippen molar-refractivity contribution in [2.75, 3.05) is 6.54 Å². The van der Waals surface area contributed by atoms with Gasteiger partial charge in [-0.05, 0) is 38.3 Å². The van der Waals surface area contributed by atoms with Crippen molar-refractivity contribution in [1.82, 2.24) is 25.0 Å². The first-order valence-electron chi connectivity index (χ1n) is 8.19. The van der Waals surface area contributed by atoms with Gasteiger partial charge in [-0.15, -0.1) is 0 Å². The Hall–Kier alpha value is -3.03. The quantitative estimate of drug-likeness (QED) is 0.723. The molecule has 4 rings (SSSR count). The number of carbonyl (C=O) groups excluding carboxylic acids is 1. The van der Waals surface area contributed by atoms with Crippen LogP contribution in [0.15, 0.2) is 39.9 Å². The van der Waals surface area contributed by atoms with Crippen LogP contribution in [0.5, 0.6) is 0 Å². The van der Waals surface area contributed by atoms with Crippen molar-refractivity contribution in [3.05, 3.63) is 48.1 Å². The van der Waals surface area contributed by atoms with Gasteiger partial charge in [-0.25, -0.2) is 4.98 Å². The van der Waals surface area contributed by atoms with Gasteiger partial charge in [-0.3, -0.25) is 9.78 Å². The molecule has 25 heavy (non-hydrogen) atoms. The zero-order chi connectivity index (χ0) is 17.2. The number of aromatic nitrogens is 4. The topological polar surface area (TPSA) is 98.2 Å². The van der Waals surface area contributed by atoms with E-state index in [-0.39, 0.29) is 11.9 Å². The van der Waals surface area contributed by atoms with E-state index in [0.717, 1.165) is 19.3 Å². The zero-order valence-corrected chi connectivity index (χ0v) is 13.8. The van der Waals surface area contributed by atoms with E-state index < -0.39 is 0 Å². The zero-order valence-electron chi connectivity index (χ0n) is 13.8. The van der Waals surface area contributed by atoms with Crippen LogP contribution in [0.3, 0.4) is 0 Å². The third kappa shape index (κ3) is 2.90. The van der Waals surface area contributed by atoms with E-state index in [1.165, 1.54) is 6.39 Å². The van der Waals surface area contributed by atoms with E-state index in [4.69, 9.17) is 8.94 Å². The summed E-state index contributed by atoms with van der Waals surface area (Å²) in [5, 5.41) is 4.00. The maximum atomic E-state index is 12.8. The first-order chi connectivity index (χ1) is 12.2. The average molecular weight is 339 g/mol. The number of oxazole rings is 1. The summed E-state index contributed by atoms with van der Waals surface area (Å²) in [6, 6.07) is 3.28. The molecule has 8 heteroatoms. The van der Waals surface area contributed by atoms with Crippen LogP contribution in [0.4, 0.5) is 0 Å². The Morgan fingerprint density at radius 1 is 1.36 bits per heavy atom. The summed E-state index contributed by atoms with van der Waals surface area (Å²) in [5.41, 5.74) is 1.11. The maximum Gasteiger partial charge on any atom is 0.256 e. The number of hydrogen-bond acceptors (Lipinski definition) is 7. The summed E-state index contributed by atoms with van der Waals surface area (Å²) in [6.45, 7) is 2.44. The van der Waals surface area contributed by atoms with Crippen molar-refractivity contribution in [3.63, 3.8) is 0 Å². The highest BCUT2D eigenvalue weighted by atomic mass is 16.5. The van der Waals surface area contributed by atoms with Gasteiger partial charge in [-0.1, -0.05) is 5.16 Å². The van der Waals surface area contributed by atoms with Crippen LogP contribution in [0.2, 0.25) is 0 Å². The molecule has 128 valence electrons. The molecule has 1 aliphatic rings. The molecule has 1 fully saturated rings. The van der Waals surface area contributed by atoms with Crippen molar-refractivity contribution >= 4 is 5.91 Å². The number of aryl methyl sites for hydroxylation is 1. The van der Waals surface area contributed by atoms with Gasteiger partial charge >= 0.3 is 0 Å².